The largest absolute Gasteiger partial charge is 0.472 e. The molecule has 0 aromatic rings. The van der Waals surface area contributed by atoms with Crippen LogP contribution in [0.15, 0.2) is 12.2 Å². The van der Waals surface area contributed by atoms with E-state index in [2.05, 4.69) is 19.2 Å². The van der Waals surface area contributed by atoms with Gasteiger partial charge in [-0.25, -0.2) is 4.57 Å². The maximum atomic E-state index is 12.5. The van der Waals surface area contributed by atoms with Crippen LogP contribution in [0.3, 0.4) is 0 Å². The van der Waals surface area contributed by atoms with Crippen LogP contribution in [0.1, 0.15) is 97.3 Å². The fourth-order valence-electron chi connectivity index (χ4n) is 3.45. The predicted molar refractivity (Wildman–Crippen MR) is 143 cm³/mol. The summed E-state index contributed by atoms with van der Waals surface area (Å²) < 4.78 is 23.1. The Morgan fingerprint density at radius 2 is 1.51 bits per heavy atom. The van der Waals surface area contributed by atoms with E-state index in [9.17, 15) is 19.4 Å². The number of phosphoric ester groups is 1. The average molecular weight is 522 g/mol. The van der Waals surface area contributed by atoms with Crippen LogP contribution in [0.4, 0.5) is 0 Å². The fourth-order valence-corrected chi connectivity index (χ4v) is 4.18. The van der Waals surface area contributed by atoms with Crippen molar-refractivity contribution in [2.24, 2.45) is 0 Å². The van der Waals surface area contributed by atoms with Gasteiger partial charge in [-0.05, 0) is 19.3 Å². The number of phosphoric acid groups is 1. The van der Waals surface area contributed by atoms with Gasteiger partial charge >= 0.3 is 7.82 Å². The molecule has 0 spiro atoms. The molecule has 0 aliphatic rings. The quantitative estimate of drug-likeness (QED) is 0.0726. The van der Waals surface area contributed by atoms with E-state index in [0.29, 0.717) is 17.4 Å². The van der Waals surface area contributed by atoms with Gasteiger partial charge in [0.2, 0.25) is 5.91 Å². The van der Waals surface area contributed by atoms with Crippen molar-refractivity contribution in [1.82, 2.24) is 5.32 Å². The van der Waals surface area contributed by atoms with E-state index >= 15 is 0 Å². The first-order chi connectivity index (χ1) is 16.5. The molecule has 0 saturated carbocycles. The first-order valence-corrected chi connectivity index (χ1v) is 15.1. The van der Waals surface area contributed by atoms with E-state index in [4.69, 9.17) is 9.05 Å². The zero-order valence-corrected chi connectivity index (χ0v) is 23.9. The van der Waals surface area contributed by atoms with Gasteiger partial charge in [0.15, 0.2) is 0 Å². The Morgan fingerprint density at radius 3 is 2.11 bits per heavy atom. The summed E-state index contributed by atoms with van der Waals surface area (Å²) in [6.07, 6.45) is 16.0. The Bertz CT molecular complexity index is 609. The molecule has 3 unspecified atom stereocenters. The van der Waals surface area contributed by atoms with Gasteiger partial charge < -0.3 is 19.8 Å². The molecule has 208 valence electrons. The van der Waals surface area contributed by atoms with Crippen molar-refractivity contribution in [1.29, 1.82) is 0 Å². The average Bonchev–Trinajstić information content (AvgIpc) is 2.77. The smallest absolute Gasteiger partial charge is 0.387 e. The van der Waals surface area contributed by atoms with Crippen LogP contribution in [0.5, 0.6) is 0 Å². The first-order valence-electron chi connectivity index (χ1n) is 13.6. The molecule has 1 amide bonds. The molecule has 0 radical (unpaired) electrons. The third-order valence-corrected chi connectivity index (χ3v) is 6.74. The molecule has 0 aromatic heterocycles. The van der Waals surface area contributed by atoms with Crippen LogP contribution < -0.4 is 5.32 Å². The van der Waals surface area contributed by atoms with Crippen LogP contribution >= 0.6 is 7.82 Å². The van der Waals surface area contributed by atoms with Crippen LogP contribution in [-0.4, -0.2) is 73.4 Å². The molecule has 0 bridgehead atoms. The van der Waals surface area contributed by atoms with E-state index in [1.807, 2.05) is 27.2 Å². The molecule has 0 rings (SSSR count). The highest BCUT2D eigenvalue weighted by Crippen LogP contribution is 2.43. The number of likely N-dealkylation sites (N-methyl/N-ethyl adjacent to an activating group) is 1. The van der Waals surface area contributed by atoms with Crippen molar-refractivity contribution in [3.63, 3.8) is 0 Å². The minimum absolute atomic E-state index is 0.0623. The zero-order valence-electron chi connectivity index (χ0n) is 23.0. The molecule has 35 heavy (non-hydrogen) atoms. The number of quaternary nitrogens is 1. The molecule has 0 aliphatic heterocycles. The Morgan fingerprint density at radius 1 is 0.943 bits per heavy atom. The van der Waals surface area contributed by atoms with Gasteiger partial charge in [-0.1, -0.05) is 83.8 Å². The summed E-state index contributed by atoms with van der Waals surface area (Å²) in [4.78, 5) is 22.5. The lowest BCUT2D eigenvalue weighted by Gasteiger charge is -2.25. The molecule has 0 fully saturated rings. The highest BCUT2D eigenvalue weighted by atomic mass is 31.2. The third-order valence-electron chi connectivity index (χ3n) is 5.76. The number of nitrogens with one attached hydrogen (secondary N) is 1. The van der Waals surface area contributed by atoms with Gasteiger partial charge in [-0.3, -0.25) is 13.8 Å². The number of nitrogens with zero attached hydrogens (tertiary/aromatic N) is 1. The summed E-state index contributed by atoms with van der Waals surface area (Å²) in [7, 11) is 1.56. The Labute approximate surface area is 214 Å². The molecule has 9 heteroatoms. The Hall–Kier alpha value is -0.760. The van der Waals surface area contributed by atoms with Crippen molar-refractivity contribution in [2.75, 3.05) is 40.9 Å². The van der Waals surface area contributed by atoms with Gasteiger partial charge in [0.05, 0.1) is 39.9 Å². The second-order valence-corrected chi connectivity index (χ2v) is 11.9. The SMILES string of the molecule is CCCCCCC/C=C/C(O)C(COP(=O)(O)OCC[N+](C)(C)C)NC(=O)CCCCCCCC. The van der Waals surface area contributed by atoms with Gasteiger partial charge in [-0.2, -0.15) is 0 Å². The van der Waals surface area contributed by atoms with Crippen LogP contribution in [0.25, 0.3) is 0 Å². The number of unbranched alkanes of at least 4 members (excludes halogenated alkanes) is 10. The Balaban J connectivity index is 4.76. The van der Waals surface area contributed by atoms with E-state index in [1.54, 1.807) is 6.08 Å². The minimum atomic E-state index is -4.30. The van der Waals surface area contributed by atoms with Crippen LogP contribution in [0.2, 0.25) is 0 Å². The maximum absolute atomic E-state index is 12.5. The number of carbonyl (C=O) groups excluding carboxylic acids is 1. The number of hydrogen-bond donors (Lipinski definition) is 3. The third kappa shape index (κ3) is 22.2. The summed E-state index contributed by atoms with van der Waals surface area (Å²) in [6.45, 7) is 4.63. The number of carbonyl (C=O) groups is 1. The number of aliphatic hydroxyl groups excluding tert-OH is 1. The molecule has 8 nitrogen and oxygen atoms in total. The number of allylic oxidation sites excluding steroid dienone is 1. The van der Waals surface area contributed by atoms with Gasteiger partial charge in [0, 0.05) is 6.42 Å². The highest BCUT2D eigenvalue weighted by Gasteiger charge is 2.27. The molecular weight excluding hydrogens is 467 g/mol. The number of aliphatic hydroxyl groups is 1. The van der Waals surface area contributed by atoms with Gasteiger partial charge in [-0.15, -0.1) is 0 Å². The van der Waals surface area contributed by atoms with Crippen molar-refractivity contribution >= 4 is 13.7 Å². The summed E-state index contributed by atoms with van der Waals surface area (Å²) in [6, 6.07) is -0.832. The molecular formula is C26H54N2O6P+. The topological polar surface area (TPSA) is 105 Å². The van der Waals surface area contributed by atoms with E-state index in [1.165, 1.54) is 38.5 Å². The normalized spacial score (nSPS) is 15.7. The Kier molecular flexibility index (Phi) is 19.9. The van der Waals surface area contributed by atoms with Crippen LogP contribution in [-0.2, 0) is 18.4 Å². The number of hydrogen-bond acceptors (Lipinski definition) is 5. The highest BCUT2D eigenvalue weighted by molar-refractivity contribution is 7.47. The lowest BCUT2D eigenvalue weighted by molar-refractivity contribution is -0.870. The van der Waals surface area contributed by atoms with E-state index < -0.39 is 20.0 Å². The van der Waals surface area contributed by atoms with Gasteiger partial charge in [0.1, 0.15) is 13.2 Å². The monoisotopic (exact) mass is 521 g/mol. The number of amides is 1. The molecule has 0 aromatic carbocycles. The lowest BCUT2D eigenvalue weighted by Crippen LogP contribution is -2.45. The first kappa shape index (κ1) is 34.2. The maximum Gasteiger partial charge on any atom is 0.472 e. The lowest BCUT2D eigenvalue weighted by atomic mass is 10.1. The van der Waals surface area contributed by atoms with Crippen molar-refractivity contribution in [2.45, 2.75) is 109 Å². The fraction of sp³-hybridized carbons (Fsp3) is 0.885. The van der Waals surface area contributed by atoms with Crippen molar-refractivity contribution < 1.29 is 32.9 Å². The molecule has 3 N–H and O–H groups in total. The molecule has 0 saturated heterocycles. The summed E-state index contributed by atoms with van der Waals surface area (Å²) in [5.74, 6) is -0.195. The summed E-state index contributed by atoms with van der Waals surface area (Å²) in [5.41, 5.74) is 0. The summed E-state index contributed by atoms with van der Waals surface area (Å²) in [5, 5.41) is 13.4. The molecule has 3 atom stereocenters. The zero-order chi connectivity index (χ0) is 26.6. The summed E-state index contributed by atoms with van der Waals surface area (Å²) >= 11 is 0. The van der Waals surface area contributed by atoms with Crippen LogP contribution in [0, 0.1) is 0 Å². The minimum Gasteiger partial charge on any atom is -0.387 e. The molecule has 0 aliphatic carbocycles. The standard InChI is InChI=1S/C26H53N2O6P/c1-6-8-10-12-14-15-17-19-25(29)24(27-26(30)20-18-16-13-11-9-7-2)23-34-35(31,32)33-22-21-28(3,4)5/h17,19,24-25,29H,6-16,18,20-23H2,1-5H3,(H-,27,30,31,32)/p+1/b19-17+. The van der Waals surface area contributed by atoms with E-state index in [-0.39, 0.29) is 19.1 Å². The number of rotatable bonds is 23. The predicted octanol–water partition coefficient (Wildman–Crippen LogP) is 5.34. The van der Waals surface area contributed by atoms with E-state index in [0.717, 1.165) is 38.5 Å². The van der Waals surface area contributed by atoms with Crippen molar-refractivity contribution in [3.8, 4) is 0 Å². The molecule has 0 heterocycles. The second kappa shape index (κ2) is 20.3. The second-order valence-electron chi connectivity index (χ2n) is 10.4. The van der Waals surface area contributed by atoms with Crippen molar-refractivity contribution in [3.05, 3.63) is 12.2 Å². The van der Waals surface area contributed by atoms with Gasteiger partial charge in [0.25, 0.3) is 0 Å².